The molecule has 0 fully saturated rings. The highest BCUT2D eigenvalue weighted by atomic mass is 35.5. The Morgan fingerprint density at radius 2 is 1.93 bits per heavy atom. The van der Waals surface area contributed by atoms with Crippen molar-refractivity contribution in [3.8, 4) is 17.2 Å². The van der Waals surface area contributed by atoms with Gasteiger partial charge in [-0.1, -0.05) is 23.8 Å². The second-order valence-corrected chi connectivity index (χ2v) is 6.58. The molecule has 0 unspecified atom stereocenters. The van der Waals surface area contributed by atoms with Gasteiger partial charge >= 0.3 is 0 Å². The van der Waals surface area contributed by atoms with Crippen LogP contribution in [0.3, 0.4) is 0 Å². The zero-order valence-electron chi connectivity index (χ0n) is 15.1. The number of nitrogens with zero attached hydrogens (tertiary/aromatic N) is 5. The van der Waals surface area contributed by atoms with E-state index in [9.17, 15) is 18.4 Å². The Bertz CT molecular complexity index is 1110. The average molecular weight is 406 g/mol. The lowest BCUT2D eigenvalue weighted by atomic mass is 10.1. The Hall–Kier alpha value is -3.05. The van der Waals surface area contributed by atoms with Crippen molar-refractivity contribution in [3.63, 3.8) is 0 Å². The first-order valence-electron chi connectivity index (χ1n) is 8.30. The van der Waals surface area contributed by atoms with Gasteiger partial charge in [0.1, 0.15) is 40.1 Å². The van der Waals surface area contributed by atoms with E-state index in [-0.39, 0.29) is 27.7 Å². The first-order chi connectivity index (χ1) is 13.3. The number of nitriles is 1. The molecular formula is C19H15ClF3N5. The molecule has 2 heterocycles. The van der Waals surface area contributed by atoms with Crippen molar-refractivity contribution in [2.45, 2.75) is 13.8 Å². The number of hydrogen-bond donors (Lipinski definition) is 0. The Balaban J connectivity index is 2.46. The van der Waals surface area contributed by atoms with E-state index in [1.54, 1.807) is 11.8 Å². The minimum Gasteiger partial charge on any atom is -0.352 e. The summed E-state index contributed by atoms with van der Waals surface area (Å²) < 4.78 is 43.9. The van der Waals surface area contributed by atoms with Gasteiger partial charge in [0.25, 0.3) is 0 Å². The molecule has 3 aromatic rings. The van der Waals surface area contributed by atoms with Crippen molar-refractivity contribution in [2.75, 3.05) is 18.0 Å². The third-order valence-electron chi connectivity index (χ3n) is 4.10. The molecule has 0 aliphatic heterocycles. The lowest BCUT2D eigenvalue weighted by Gasteiger charge is -2.27. The van der Waals surface area contributed by atoms with Crippen LogP contribution in [0.25, 0.3) is 16.8 Å². The molecular weight excluding hydrogens is 391 g/mol. The molecule has 5 nitrogen and oxygen atoms in total. The van der Waals surface area contributed by atoms with Gasteiger partial charge < -0.3 is 4.90 Å². The Morgan fingerprint density at radius 1 is 1.29 bits per heavy atom. The minimum absolute atomic E-state index is 0.0835. The molecule has 0 bridgehead atoms. The number of halogens is 4. The van der Waals surface area contributed by atoms with Crippen LogP contribution in [-0.2, 0) is 0 Å². The molecule has 0 saturated carbocycles. The summed E-state index contributed by atoms with van der Waals surface area (Å²) in [5.41, 5.74) is 0.474. The van der Waals surface area contributed by atoms with Crippen LogP contribution in [0.2, 0.25) is 5.15 Å². The van der Waals surface area contributed by atoms with Crippen LogP contribution < -0.4 is 4.90 Å². The van der Waals surface area contributed by atoms with Gasteiger partial charge in [0, 0.05) is 25.2 Å². The quantitative estimate of drug-likeness (QED) is 0.454. The van der Waals surface area contributed by atoms with Crippen LogP contribution in [0.15, 0.2) is 30.5 Å². The lowest BCUT2D eigenvalue weighted by molar-refractivity contribution is 0.547. The van der Waals surface area contributed by atoms with Crippen molar-refractivity contribution >= 4 is 23.1 Å². The van der Waals surface area contributed by atoms with E-state index in [1.807, 2.05) is 13.0 Å². The molecule has 2 aromatic heterocycles. The maximum Gasteiger partial charge on any atom is 0.176 e. The van der Waals surface area contributed by atoms with Crippen LogP contribution in [-0.4, -0.2) is 27.7 Å². The number of fused-ring (bicyclic) bond motifs is 1. The van der Waals surface area contributed by atoms with Gasteiger partial charge in [0.05, 0.1) is 17.3 Å². The third-order valence-corrected chi connectivity index (χ3v) is 4.37. The van der Waals surface area contributed by atoms with E-state index in [2.05, 4.69) is 16.7 Å². The van der Waals surface area contributed by atoms with Gasteiger partial charge in [-0.3, -0.25) is 0 Å². The molecule has 0 radical (unpaired) electrons. The summed E-state index contributed by atoms with van der Waals surface area (Å²) in [5, 5.41) is 13.2. The van der Waals surface area contributed by atoms with Gasteiger partial charge in [0.15, 0.2) is 5.65 Å². The number of benzene rings is 1. The van der Waals surface area contributed by atoms with Gasteiger partial charge in [-0.2, -0.15) is 14.9 Å². The average Bonchev–Trinajstić information content (AvgIpc) is 3.01. The van der Waals surface area contributed by atoms with Crippen molar-refractivity contribution in [2.24, 2.45) is 0 Å². The van der Waals surface area contributed by atoms with Crippen LogP contribution in [0.4, 0.5) is 19.0 Å². The molecule has 144 valence electrons. The second-order valence-electron chi connectivity index (χ2n) is 6.22. The summed E-state index contributed by atoms with van der Waals surface area (Å²) in [6, 6.07) is 3.10. The predicted molar refractivity (Wildman–Crippen MR) is 101 cm³/mol. The maximum atomic E-state index is 14.6. The number of rotatable bonds is 5. The fourth-order valence-electron chi connectivity index (χ4n) is 2.98. The maximum absolute atomic E-state index is 14.6. The zero-order valence-corrected chi connectivity index (χ0v) is 15.9. The smallest absolute Gasteiger partial charge is 0.176 e. The van der Waals surface area contributed by atoms with Crippen LogP contribution >= 0.6 is 11.6 Å². The summed E-state index contributed by atoms with van der Waals surface area (Å²) in [6.07, 6.45) is 1.29. The van der Waals surface area contributed by atoms with E-state index >= 15 is 0 Å². The Labute approximate surface area is 164 Å². The summed E-state index contributed by atoms with van der Waals surface area (Å²) in [7, 11) is 0. The minimum atomic E-state index is -1.12. The molecule has 0 aliphatic rings. The molecule has 0 spiro atoms. The largest absolute Gasteiger partial charge is 0.352 e. The van der Waals surface area contributed by atoms with Crippen LogP contribution in [0, 0.1) is 28.8 Å². The lowest BCUT2D eigenvalue weighted by Crippen LogP contribution is -2.28. The topological polar surface area (TPSA) is 57.2 Å². The number of aromatic nitrogens is 3. The normalized spacial score (nSPS) is 10.9. The fourth-order valence-corrected chi connectivity index (χ4v) is 3.24. The molecule has 0 atom stereocenters. The highest BCUT2D eigenvalue weighted by Gasteiger charge is 2.27. The molecule has 1 aromatic carbocycles. The monoisotopic (exact) mass is 405 g/mol. The second kappa shape index (κ2) is 7.52. The van der Waals surface area contributed by atoms with Crippen molar-refractivity contribution in [1.82, 2.24) is 14.6 Å². The number of likely N-dealkylation sites (N-methyl/N-ethyl adjacent to an activating group) is 1. The molecule has 0 N–H and O–H groups in total. The molecule has 3 rings (SSSR count). The molecule has 9 heteroatoms. The first kappa shape index (κ1) is 19.7. The van der Waals surface area contributed by atoms with E-state index in [0.717, 1.165) is 5.57 Å². The summed E-state index contributed by atoms with van der Waals surface area (Å²) >= 11 is 6.31. The highest BCUT2D eigenvalue weighted by Crippen LogP contribution is 2.40. The fraction of sp³-hybridized carbons (Fsp3) is 0.211. The molecule has 0 aliphatic carbocycles. The summed E-state index contributed by atoms with van der Waals surface area (Å²) in [5.74, 6) is -3.07. The first-order valence-corrected chi connectivity index (χ1v) is 8.67. The zero-order chi connectivity index (χ0) is 20.6. The van der Waals surface area contributed by atoms with Crippen LogP contribution in [0.5, 0.6) is 0 Å². The molecule has 0 saturated heterocycles. The SMILES string of the molecule is C=C(C)CN(CC)c1c(-c2c(F)cc(F)cc2F)c(Cl)nc2c(C#N)cnn12. The van der Waals surface area contributed by atoms with Gasteiger partial charge in [-0.15, -0.1) is 0 Å². The van der Waals surface area contributed by atoms with Crippen molar-refractivity contribution < 1.29 is 13.2 Å². The summed E-state index contributed by atoms with van der Waals surface area (Å²) in [4.78, 5) is 5.86. The van der Waals surface area contributed by atoms with E-state index in [1.165, 1.54) is 10.7 Å². The summed E-state index contributed by atoms with van der Waals surface area (Å²) in [6.45, 7) is 8.26. The van der Waals surface area contributed by atoms with E-state index in [0.29, 0.717) is 25.2 Å². The third kappa shape index (κ3) is 3.29. The van der Waals surface area contributed by atoms with Gasteiger partial charge in [0.2, 0.25) is 0 Å². The van der Waals surface area contributed by atoms with Gasteiger partial charge in [-0.05, 0) is 13.8 Å². The molecule has 0 amide bonds. The number of anilines is 1. The molecule has 28 heavy (non-hydrogen) atoms. The standard InChI is InChI=1S/C19H15ClF3N5/c1-4-27(9-10(2)3)19-16(15-13(22)5-12(21)6-14(15)23)17(20)26-18-11(7-24)8-25-28(18)19/h5-6,8H,2,4,9H2,1,3H3. The van der Waals surface area contributed by atoms with Crippen molar-refractivity contribution in [3.05, 3.63) is 58.6 Å². The van der Waals surface area contributed by atoms with E-state index < -0.39 is 23.0 Å². The predicted octanol–water partition coefficient (Wildman–Crippen LogP) is 4.74. The Morgan fingerprint density at radius 3 is 2.46 bits per heavy atom. The number of hydrogen-bond acceptors (Lipinski definition) is 4. The van der Waals surface area contributed by atoms with Crippen LogP contribution in [0.1, 0.15) is 19.4 Å². The van der Waals surface area contributed by atoms with Gasteiger partial charge in [-0.25, -0.2) is 18.2 Å². The highest BCUT2D eigenvalue weighted by molar-refractivity contribution is 6.33. The Kier molecular flexibility index (Phi) is 5.29. The van der Waals surface area contributed by atoms with Crippen molar-refractivity contribution in [1.29, 1.82) is 5.26 Å². The van der Waals surface area contributed by atoms with E-state index in [4.69, 9.17) is 11.6 Å².